The van der Waals surface area contributed by atoms with Crippen molar-refractivity contribution in [2.45, 2.75) is 39.7 Å². The van der Waals surface area contributed by atoms with Crippen molar-refractivity contribution in [2.75, 3.05) is 11.5 Å². The highest BCUT2D eigenvalue weighted by Crippen LogP contribution is 2.24. The van der Waals surface area contributed by atoms with Gasteiger partial charge in [-0.3, -0.25) is 9.59 Å². The summed E-state index contributed by atoms with van der Waals surface area (Å²) in [5.41, 5.74) is 1.33. The van der Waals surface area contributed by atoms with Crippen LogP contribution in [0.4, 0.5) is 0 Å². The van der Waals surface area contributed by atoms with E-state index in [-0.39, 0.29) is 23.2 Å². The summed E-state index contributed by atoms with van der Waals surface area (Å²) in [6.45, 7) is 6.63. The first-order valence-corrected chi connectivity index (χ1v) is 8.60. The normalized spacial score (nSPS) is 24.0. The molecular formula is C14H20N2O4S. The van der Waals surface area contributed by atoms with Gasteiger partial charge in [-0.1, -0.05) is 0 Å². The highest BCUT2D eigenvalue weighted by Gasteiger charge is 2.40. The molecule has 0 radical (unpaired) electrons. The fourth-order valence-corrected chi connectivity index (χ4v) is 5.04. The predicted molar refractivity (Wildman–Crippen MR) is 79.4 cm³/mol. The van der Waals surface area contributed by atoms with Crippen molar-refractivity contribution in [1.29, 1.82) is 0 Å². The standard InChI is InChI=1S/C14H20N2O4S/c1-8-11(10(3)17)9(2)15-12(8)13(18)16-14(4)5-6-21(19,20)7-14/h15H,5-7H2,1-4H3,(H,16,18). The number of aromatic nitrogens is 1. The van der Waals surface area contributed by atoms with Crippen LogP contribution in [0.3, 0.4) is 0 Å². The van der Waals surface area contributed by atoms with Crippen LogP contribution in [-0.2, 0) is 9.84 Å². The van der Waals surface area contributed by atoms with Crippen molar-refractivity contribution in [3.8, 4) is 0 Å². The molecule has 1 saturated heterocycles. The second-order valence-electron chi connectivity index (χ2n) is 6.04. The number of carbonyl (C=O) groups is 2. The van der Waals surface area contributed by atoms with Gasteiger partial charge >= 0.3 is 0 Å². The Kier molecular flexibility index (Phi) is 3.73. The van der Waals surface area contributed by atoms with Crippen molar-refractivity contribution in [3.05, 3.63) is 22.5 Å². The van der Waals surface area contributed by atoms with Gasteiger partial charge in [0.1, 0.15) is 5.69 Å². The lowest BCUT2D eigenvalue weighted by Crippen LogP contribution is -2.47. The molecule has 0 saturated carbocycles. The minimum atomic E-state index is -3.09. The molecule has 1 aliphatic heterocycles. The van der Waals surface area contributed by atoms with Gasteiger partial charge in [-0.25, -0.2) is 8.42 Å². The van der Waals surface area contributed by atoms with Crippen molar-refractivity contribution in [2.24, 2.45) is 0 Å². The maximum absolute atomic E-state index is 12.4. The Bertz CT molecular complexity index is 718. The summed E-state index contributed by atoms with van der Waals surface area (Å²) in [6, 6.07) is 0. The van der Waals surface area contributed by atoms with Gasteiger partial charge < -0.3 is 10.3 Å². The first-order valence-electron chi connectivity index (χ1n) is 6.78. The molecule has 1 aliphatic rings. The summed E-state index contributed by atoms with van der Waals surface area (Å²) in [7, 11) is -3.09. The molecule has 0 aliphatic carbocycles. The van der Waals surface area contributed by atoms with E-state index >= 15 is 0 Å². The van der Waals surface area contributed by atoms with Crippen molar-refractivity contribution < 1.29 is 18.0 Å². The molecular weight excluding hydrogens is 292 g/mol. The highest BCUT2D eigenvalue weighted by atomic mass is 32.2. The molecule has 1 amide bonds. The fraction of sp³-hybridized carbons (Fsp3) is 0.571. The Morgan fingerprint density at radius 2 is 1.90 bits per heavy atom. The van der Waals surface area contributed by atoms with Gasteiger partial charge in [0.25, 0.3) is 5.91 Å². The zero-order valence-corrected chi connectivity index (χ0v) is 13.5. The third-order valence-corrected chi connectivity index (χ3v) is 5.84. The molecule has 1 unspecified atom stereocenters. The zero-order chi connectivity index (χ0) is 16.0. The van der Waals surface area contributed by atoms with Gasteiger partial charge in [0, 0.05) is 11.3 Å². The topological polar surface area (TPSA) is 96.1 Å². The summed E-state index contributed by atoms with van der Waals surface area (Å²) in [6.07, 6.45) is 0.402. The molecule has 0 spiro atoms. The second-order valence-corrected chi connectivity index (χ2v) is 8.22. The van der Waals surface area contributed by atoms with Gasteiger partial charge in [0.15, 0.2) is 15.6 Å². The first-order chi connectivity index (χ1) is 9.55. The highest BCUT2D eigenvalue weighted by molar-refractivity contribution is 7.91. The maximum atomic E-state index is 12.4. The molecule has 2 rings (SSSR count). The van der Waals surface area contributed by atoms with Crippen LogP contribution in [0, 0.1) is 13.8 Å². The smallest absolute Gasteiger partial charge is 0.268 e. The molecule has 116 valence electrons. The number of amides is 1. The van der Waals surface area contributed by atoms with E-state index in [1.54, 1.807) is 20.8 Å². The number of H-pyrrole nitrogens is 1. The molecule has 1 atom stereocenters. The molecule has 2 heterocycles. The number of hydrogen-bond donors (Lipinski definition) is 2. The maximum Gasteiger partial charge on any atom is 0.268 e. The fourth-order valence-electron chi connectivity index (χ4n) is 2.95. The van der Waals surface area contributed by atoms with E-state index in [1.165, 1.54) is 6.92 Å². The number of Topliss-reactive ketones (excluding diaryl/α,β-unsaturated/α-hetero) is 1. The largest absolute Gasteiger partial charge is 0.354 e. The van der Waals surface area contributed by atoms with Crippen molar-refractivity contribution >= 4 is 21.5 Å². The molecule has 1 aromatic rings. The lowest BCUT2D eigenvalue weighted by Gasteiger charge is -2.23. The van der Waals surface area contributed by atoms with Crippen LogP contribution in [0.5, 0.6) is 0 Å². The number of nitrogens with one attached hydrogen (secondary N) is 2. The van der Waals surface area contributed by atoms with E-state index in [0.29, 0.717) is 28.9 Å². The Balaban J connectivity index is 2.26. The Labute approximate surface area is 124 Å². The number of aromatic amines is 1. The van der Waals surface area contributed by atoms with Gasteiger partial charge in [-0.05, 0) is 39.7 Å². The molecule has 7 heteroatoms. The predicted octanol–water partition coefficient (Wildman–Crippen LogP) is 1.14. The molecule has 1 aromatic heterocycles. The van der Waals surface area contributed by atoms with E-state index in [0.717, 1.165) is 0 Å². The zero-order valence-electron chi connectivity index (χ0n) is 12.7. The van der Waals surface area contributed by atoms with E-state index in [1.807, 2.05) is 0 Å². The summed E-state index contributed by atoms with van der Waals surface area (Å²) in [5, 5.41) is 2.79. The Hall–Kier alpha value is -1.63. The summed E-state index contributed by atoms with van der Waals surface area (Å²) in [4.78, 5) is 26.9. The van der Waals surface area contributed by atoms with E-state index in [2.05, 4.69) is 10.3 Å². The van der Waals surface area contributed by atoms with Gasteiger partial charge in [-0.2, -0.15) is 0 Å². The lowest BCUT2D eigenvalue weighted by atomic mass is 10.0. The molecule has 0 aromatic carbocycles. The molecule has 0 bridgehead atoms. The third kappa shape index (κ3) is 3.02. The molecule has 2 N–H and O–H groups in total. The number of aryl methyl sites for hydroxylation is 1. The van der Waals surface area contributed by atoms with Crippen molar-refractivity contribution in [1.82, 2.24) is 10.3 Å². The minimum absolute atomic E-state index is 0.0515. The average molecular weight is 312 g/mol. The van der Waals surface area contributed by atoms with Crippen LogP contribution in [-0.4, -0.2) is 42.1 Å². The van der Waals surface area contributed by atoms with Crippen LogP contribution in [0.25, 0.3) is 0 Å². The SMILES string of the molecule is CC(=O)c1c(C)[nH]c(C(=O)NC2(C)CCS(=O)(=O)C2)c1C. The van der Waals surface area contributed by atoms with E-state index < -0.39 is 15.4 Å². The minimum Gasteiger partial charge on any atom is -0.354 e. The quantitative estimate of drug-likeness (QED) is 0.818. The molecule has 6 nitrogen and oxygen atoms in total. The molecule has 1 fully saturated rings. The van der Waals surface area contributed by atoms with Crippen LogP contribution >= 0.6 is 0 Å². The number of carbonyl (C=O) groups excluding carboxylic acids is 2. The second kappa shape index (κ2) is 4.98. The molecule has 21 heavy (non-hydrogen) atoms. The Morgan fingerprint density at radius 1 is 1.29 bits per heavy atom. The number of hydrogen-bond acceptors (Lipinski definition) is 4. The van der Waals surface area contributed by atoms with Gasteiger partial charge in [-0.15, -0.1) is 0 Å². The Morgan fingerprint density at radius 3 is 2.33 bits per heavy atom. The summed E-state index contributed by atoms with van der Waals surface area (Å²) < 4.78 is 23.1. The van der Waals surface area contributed by atoms with Crippen LogP contribution in [0.1, 0.15) is 52.4 Å². The average Bonchev–Trinajstić information content (AvgIpc) is 2.75. The number of rotatable bonds is 3. The monoisotopic (exact) mass is 312 g/mol. The van der Waals surface area contributed by atoms with E-state index in [4.69, 9.17) is 0 Å². The van der Waals surface area contributed by atoms with Crippen LogP contribution in [0.2, 0.25) is 0 Å². The summed E-state index contributed by atoms with van der Waals surface area (Å²) in [5.74, 6) is -0.437. The summed E-state index contributed by atoms with van der Waals surface area (Å²) >= 11 is 0. The van der Waals surface area contributed by atoms with E-state index in [9.17, 15) is 18.0 Å². The van der Waals surface area contributed by atoms with Crippen LogP contribution in [0.15, 0.2) is 0 Å². The third-order valence-electron chi connectivity index (χ3n) is 3.94. The lowest BCUT2D eigenvalue weighted by molar-refractivity contribution is 0.0910. The van der Waals surface area contributed by atoms with Crippen molar-refractivity contribution in [3.63, 3.8) is 0 Å². The van der Waals surface area contributed by atoms with Gasteiger partial charge in [0.2, 0.25) is 0 Å². The van der Waals surface area contributed by atoms with Crippen LogP contribution < -0.4 is 5.32 Å². The number of ketones is 1. The first kappa shape index (κ1) is 15.8. The number of sulfone groups is 1. The van der Waals surface area contributed by atoms with Gasteiger partial charge in [0.05, 0.1) is 17.0 Å².